The van der Waals surface area contributed by atoms with Gasteiger partial charge in [0.25, 0.3) is 0 Å². The molecule has 0 aliphatic heterocycles. The van der Waals surface area contributed by atoms with E-state index in [-0.39, 0.29) is 5.78 Å². The van der Waals surface area contributed by atoms with E-state index >= 15 is 0 Å². The molecule has 0 N–H and O–H groups in total. The molecule has 3 heteroatoms. The number of hydrogen-bond donors (Lipinski definition) is 0. The van der Waals surface area contributed by atoms with E-state index in [9.17, 15) is 4.79 Å². The molecule has 0 atom stereocenters. The third kappa shape index (κ3) is 2.72. The first-order chi connectivity index (χ1) is 9.83. The summed E-state index contributed by atoms with van der Waals surface area (Å²) in [5, 5.41) is 1.00. The minimum Gasteiger partial charge on any atom is -0.294 e. The standard InChI is InChI=1S/C17H14N2O/c20-17(6-3-13-7-10-18-11-8-13)15-4-5-16-14(12-15)2-1-9-19-16/h1-2,4-5,7-12H,3,6H2. The van der Waals surface area contributed by atoms with Gasteiger partial charge in [-0.25, -0.2) is 0 Å². The molecular formula is C17H14N2O. The molecule has 0 amide bonds. The molecule has 1 aromatic carbocycles. The predicted molar refractivity (Wildman–Crippen MR) is 78.6 cm³/mol. The Bertz CT molecular complexity index is 738. The second-order valence-corrected chi connectivity index (χ2v) is 4.69. The summed E-state index contributed by atoms with van der Waals surface area (Å²) in [6, 6.07) is 13.4. The van der Waals surface area contributed by atoms with Gasteiger partial charge in [0.05, 0.1) is 5.52 Å². The summed E-state index contributed by atoms with van der Waals surface area (Å²) in [5.74, 6) is 0.160. The van der Waals surface area contributed by atoms with E-state index in [4.69, 9.17) is 0 Å². The van der Waals surface area contributed by atoms with Gasteiger partial charge in [-0.05, 0) is 48.4 Å². The molecule has 0 fully saturated rings. The van der Waals surface area contributed by atoms with Gasteiger partial charge in [-0.1, -0.05) is 6.07 Å². The van der Waals surface area contributed by atoms with E-state index in [0.717, 1.165) is 28.5 Å². The number of hydrogen-bond acceptors (Lipinski definition) is 3. The number of carbonyl (C=O) groups is 1. The van der Waals surface area contributed by atoms with Crippen molar-refractivity contribution in [2.24, 2.45) is 0 Å². The van der Waals surface area contributed by atoms with Gasteiger partial charge in [-0.3, -0.25) is 14.8 Å². The van der Waals surface area contributed by atoms with E-state index in [1.807, 2.05) is 42.5 Å². The molecule has 0 aliphatic rings. The largest absolute Gasteiger partial charge is 0.294 e. The zero-order valence-corrected chi connectivity index (χ0v) is 11.0. The van der Waals surface area contributed by atoms with Crippen molar-refractivity contribution in [3.8, 4) is 0 Å². The van der Waals surface area contributed by atoms with Crippen LogP contribution in [0.15, 0.2) is 61.1 Å². The Hall–Kier alpha value is -2.55. The average Bonchev–Trinajstić information content (AvgIpc) is 2.53. The molecule has 0 unspecified atom stereocenters. The summed E-state index contributed by atoms with van der Waals surface area (Å²) in [6.07, 6.45) is 6.51. The maximum Gasteiger partial charge on any atom is 0.163 e. The van der Waals surface area contributed by atoms with Gasteiger partial charge in [0, 0.05) is 36.0 Å². The zero-order valence-electron chi connectivity index (χ0n) is 11.0. The molecular weight excluding hydrogens is 248 g/mol. The van der Waals surface area contributed by atoms with Crippen molar-refractivity contribution in [3.63, 3.8) is 0 Å². The summed E-state index contributed by atoms with van der Waals surface area (Å²) < 4.78 is 0. The van der Waals surface area contributed by atoms with E-state index < -0.39 is 0 Å². The maximum absolute atomic E-state index is 12.2. The SMILES string of the molecule is O=C(CCc1ccncc1)c1ccc2ncccc2c1. The Balaban J connectivity index is 1.75. The first-order valence-corrected chi connectivity index (χ1v) is 6.60. The van der Waals surface area contributed by atoms with Crippen LogP contribution in [0.4, 0.5) is 0 Å². The number of rotatable bonds is 4. The molecule has 2 aromatic heterocycles. The normalized spacial score (nSPS) is 10.6. The van der Waals surface area contributed by atoms with Crippen molar-refractivity contribution >= 4 is 16.7 Å². The van der Waals surface area contributed by atoms with E-state index in [2.05, 4.69) is 9.97 Å². The third-order valence-electron chi connectivity index (χ3n) is 3.32. The van der Waals surface area contributed by atoms with Crippen molar-refractivity contribution in [3.05, 3.63) is 72.2 Å². The molecule has 0 spiro atoms. The lowest BCUT2D eigenvalue weighted by atomic mass is 10.0. The van der Waals surface area contributed by atoms with Crippen LogP contribution in [0.2, 0.25) is 0 Å². The smallest absolute Gasteiger partial charge is 0.163 e. The van der Waals surface area contributed by atoms with Crippen LogP contribution in [0.3, 0.4) is 0 Å². The van der Waals surface area contributed by atoms with Gasteiger partial charge < -0.3 is 0 Å². The predicted octanol–water partition coefficient (Wildman–Crippen LogP) is 3.45. The monoisotopic (exact) mass is 262 g/mol. The van der Waals surface area contributed by atoms with Crippen molar-refractivity contribution < 1.29 is 4.79 Å². The van der Waals surface area contributed by atoms with Gasteiger partial charge >= 0.3 is 0 Å². The Morgan fingerprint density at radius 3 is 2.70 bits per heavy atom. The second-order valence-electron chi connectivity index (χ2n) is 4.69. The molecule has 0 saturated carbocycles. The lowest BCUT2D eigenvalue weighted by Gasteiger charge is -2.03. The van der Waals surface area contributed by atoms with Crippen LogP contribution >= 0.6 is 0 Å². The molecule has 3 rings (SSSR count). The number of aryl methyl sites for hydroxylation is 1. The van der Waals surface area contributed by atoms with Crippen molar-refractivity contribution in [1.82, 2.24) is 9.97 Å². The number of nitrogens with zero attached hydrogens (tertiary/aromatic N) is 2. The summed E-state index contributed by atoms with van der Waals surface area (Å²) in [4.78, 5) is 20.5. The van der Waals surface area contributed by atoms with Crippen molar-refractivity contribution in [2.75, 3.05) is 0 Å². The molecule has 98 valence electrons. The quantitative estimate of drug-likeness (QED) is 0.676. The molecule has 2 heterocycles. The van der Waals surface area contributed by atoms with Gasteiger partial charge in [0.1, 0.15) is 0 Å². The van der Waals surface area contributed by atoms with Gasteiger partial charge in [0.2, 0.25) is 0 Å². The fourth-order valence-corrected chi connectivity index (χ4v) is 2.20. The van der Waals surface area contributed by atoms with E-state index in [1.54, 1.807) is 18.6 Å². The highest BCUT2D eigenvalue weighted by Crippen LogP contribution is 2.15. The number of Topliss-reactive ketones (excluding diaryl/α,β-unsaturated/α-hetero) is 1. The first-order valence-electron chi connectivity index (χ1n) is 6.60. The lowest BCUT2D eigenvalue weighted by molar-refractivity contribution is 0.0983. The number of ketones is 1. The van der Waals surface area contributed by atoms with Crippen molar-refractivity contribution in [2.45, 2.75) is 12.8 Å². The number of aromatic nitrogens is 2. The maximum atomic E-state index is 12.2. The van der Waals surface area contributed by atoms with Gasteiger partial charge in [0.15, 0.2) is 5.78 Å². The van der Waals surface area contributed by atoms with Gasteiger partial charge in [-0.2, -0.15) is 0 Å². The fourth-order valence-electron chi connectivity index (χ4n) is 2.20. The van der Waals surface area contributed by atoms with Crippen LogP contribution in [0, 0.1) is 0 Å². The summed E-state index contributed by atoms with van der Waals surface area (Å²) in [6.45, 7) is 0. The highest BCUT2D eigenvalue weighted by Gasteiger charge is 2.07. The molecule has 3 aromatic rings. The minimum atomic E-state index is 0.160. The van der Waals surface area contributed by atoms with Crippen LogP contribution in [0.1, 0.15) is 22.3 Å². The molecule has 0 bridgehead atoms. The number of pyridine rings is 2. The molecule has 0 saturated heterocycles. The highest BCUT2D eigenvalue weighted by atomic mass is 16.1. The highest BCUT2D eigenvalue weighted by molar-refractivity contribution is 5.99. The fraction of sp³-hybridized carbons (Fsp3) is 0.118. The Morgan fingerprint density at radius 1 is 1.00 bits per heavy atom. The Kier molecular flexibility index (Phi) is 3.50. The van der Waals surface area contributed by atoms with Gasteiger partial charge in [-0.15, -0.1) is 0 Å². The van der Waals surface area contributed by atoms with Crippen LogP contribution in [-0.2, 0) is 6.42 Å². The Labute approximate surface area is 117 Å². The topological polar surface area (TPSA) is 42.9 Å². The third-order valence-corrected chi connectivity index (χ3v) is 3.32. The van der Waals surface area contributed by atoms with Crippen LogP contribution in [-0.4, -0.2) is 15.8 Å². The second kappa shape index (κ2) is 5.61. The minimum absolute atomic E-state index is 0.160. The summed E-state index contributed by atoms with van der Waals surface area (Å²) in [7, 11) is 0. The van der Waals surface area contributed by atoms with Crippen LogP contribution in [0.25, 0.3) is 10.9 Å². The molecule has 0 aliphatic carbocycles. The van der Waals surface area contributed by atoms with Crippen LogP contribution < -0.4 is 0 Å². The van der Waals surface area contributed by atoms with Crippen molar-refractivity contribution in [1.29, 1.82) is 0 Å². The molecule has 3 nitrogen and oxygen atoms in total. The zero-order chi connectivity index (χ0) is 13.8. The summed E-state index contributed by atoms with van der Waals surface area (Å²) in [5.41, 5.74) is 2.80. The molecule has 0 radical (unpaired) electrons. The lowest BCUT2D eigenvalue weighted by Crippen LogP contribution is -2.01. The number of fused-ring (bicyclic) bond motifs is 1. The Morgan fingerprint density at radius 2 is 1.85 bits per heavy atom. The van der Waals surface area contributed by atoms with E-state index in [1.165, 1.54) is 0 Å². The molecule has 20 heavy (non-hydrogen) atoms. The average molecular weight is 262 g/mol. The summed E-state index contributed by atoms with van der Waals surface area (Å²) >= 11 is 0. The van der Waals surface area contributed by atoms with Crippen LogP contribution in [0.5, 0.6) is 0 Å². The number of carbonyl (C=O) groups excluding carboxylic acids is 1. The van der Waals surface area contributed by atoms with E-state index in [0.29, 0.717) is 6.42 Å². The first kappa shape index (κ1) is 12.5. The number of benzene rings is 1.